The van der Waals surface area contributed by atoms with Crippen LogP contribution in [0.2, 0.25) is 0 Å². The van der Waals surface area contributed by atoms with Gasteiger partial charge >= 0.3 is 63.3 Å². The van der Waals surface area contributed by atoms with E-state index in [0.717, 1.165) is 25.7 Å². The fourth-order valence-electron chi connectivity index (χ4n) is 2.10. The molecule has 0 aromatic heterocycles. The molecular formula is C13H25KO4. The van der Waals surface area contributed by atoms with Crippen molar-refractivity contribution in [2.75, 3.05) is 0 Å². The quantitative estimate of drug-likeness (QED) is 0.387. The number of carbonyl (C=O) groups is 2. The van der Waals surface area contributed by atoms with Crippen LogP contribution in [0.3, 0.4) is 0 Å². The average molecular weight is 284 g/mol. The zero-order valence-electron chi connectivity index (χ0n) is 11.0. The van der Waals surface area contributed by atoms with Crippen LogP contribution in [0.25, 0.3) is 0 Å². The monoisotopic (exact) mass is 284 g/mol. The van der Waals surface area contributed by atoms with E-state index in [1.165, 1.54) is 0 Å². The van der Waals surface area contributed by atoms with Crippen LogP contribution >= 0.6 is 0 Å². The maximum absolute atomic E-state index is 11.2. The molecule has 0 rings (SSSR count). The van der Waals surface area contributed by atoms with Gasteiger partial charge in [-0.25, -0.2) is 0 Å². The zero-order chi connectivity index (χ0) is 13.5. The molecule has 5 heteroatoms. The molecule has 0 saturated heterocycles. The average Bonchev–Trinajstić information content (AvgIpc) is 2.21. The summed E-state index contributed by atoms with van der Waals surface area (Å²) in [5.41, 5.74) is -1.62. The molecule has 0 bridgehead atoms. The third-order valence-corrected chi connectivity index (χ3v) is 3.42. The summed E-state index contributed by atoms with van der Waals surface area (Å²) in [6, 6.07) is 0. The van der Waals surface area contributed by atoms with E-state index in [2.05, 4.69) is 6.92 Å². The molecule has 4 nitrogen and oxygen atoms in total. The summed E-state index contributed by atoms with van der Waals surface area (Å²) in [6.07, 6.45) is 5.07. The van der Waals surface area contributed by atoms with E-state index in [-0.39, 0.29) is 57.8 Å². The molecule has 0 saturated carbocycles. The van der Waals surface area contributed by atoms with Crippen molar-refractivity contribution in [1.82, 2.24) is 0 Å². The van der Waals surface area contributed by atoms with Gasteiger partial charge in [-0.05, 0) is 12.3 Å². The molecule has 0 heterocycles. The van der Waals surface area contributed by atoms with Gasteiger partial charge < -0.3 is 10.2 Å². The van der Waals surface area contributed by atoms with Gasteiger partial charge in [0.2, 0.25) is 0 Å². The van der Waals surface area contributed by atoms with E-state index in [4.69, 9.17) is 0 Å². The molecule has 0 amide bonds. The number of rotatable bonds is 9. The Morgan fingerprint density at radius 2 is 1.44 bits per heavy atom. The van der Waals surface area contributed by atoms with Gasteiger partial charge in [-0.2, -0.15) is 0 Å². The number of unbranched alkanes of at least 4 members (excludes halogenated alkanes) is 4. The Morgan fingerprint density at radius 3 is 1.78 bits per heavy atom. The van der Waals surface area contributed by atoms with E-state index in [1.54, 1.807) is 13.8 Å². The van der Waals surface area contributed by atoms with Gasteiger partial charge in [-0.15, -0.1) is 0 Å². The minimum absolute atomic E-state index is 0. The molecule has 0 atom stereocenters. The Morgan fingerprint density at radius 1 is 1.00 bits per heavy atom. The molecule has 0 radical (unpaired) electrons. The summed E-state index contributed by atoms with van der Waals surface area (Å²) >= 11 is 0. The normalized spacial score (nSPS) is 11.1. The summed E-state index contributed by atoms with van der Waals surface area (Å²) in [4.78, 5) is 22.5. The van der Waals surface area contributed by atoms with Gasteiger partial charge in [0, 0.05) is 0 Å². The second-order valence-electron chi connectivity index (χ2n) is 4.90. The van der Waals surface area contributed by atoms with Crippen molar-refractivity contribution < 1.29 is 19.8 Å². The SMILES string of the molecule is CCCCCCCC(C(=O)O)(C(=O)O)C(C)C.[KH]. The van der Waals surface area contributed by atoms with E-state index >= 15 is 0 Å². The minimum atomic E-state index is -1.62. The van der Waals surface area contributed by atoms with Crippen LogP contribution < -0.4 is 0 Å². The van der Waals surface area contributed by atoms with E-state index < -0.39 is 23.3 Å². The third-order valence-electron chi connectivity index (χ3n) is 3.42. The molecular weight excluding hydrogens is 259 g/mol. The number of hydrogen-bond donors (Lipinski definition) is 2. The van der Waals surface area contributed by atoms with E-state index in [9.17, 15) is 19.8 Å². The number of carboxylic acid groups (broad SMARTS) is 2. The first-order valence-electron chi connectivity index (χ1n) is 6.36. The number of aliphatic carboxylic acids is 2. The van der Waals surface area contributed by atoms with Crippen molar-refractivity contribution in [3.05, 3.63) is 0 Å². The molecule has 0 spiro atoms. The van der Waals surface area contributed by atoms with E-state index in [1.807, 2.05) is 0 Å². The van der Waals surface area contributed by atoms with E-state index in [0.29, 0.717) is 6.42 Å². The first-order chi connectivity index (χ1) is 7.89. The van der Waals surface area contributed by atoms with Gasteiger partial charge in [0.25, 0.3) is 0 Å². The van der Waals surface area contributed by atoms with Crippen LogP contribution in [0.4, 0.5) is 0 Å². The van der Waals surface area contributed by atoms with Crippen molar-refractivity contribution in [2.24, 2.45) is 11.3 Å². The molecule has 0 aliphatic rings. The molecule has 2 N–H and O–H groups in total. The number of carboxylic acids is 2. The summed E-state index contributed by atoms with van der Waals surface area (Å²) in [5, 5.41) is 18.4. The summed E-state index contributed by atoms with van der Waals surface area (Å²) in [6.45, 7) is 5.43. The summed E-state index contributed by atoms with van der Waals surface area (Å²) < 4.78 is 0. The van der Waals surface area contributed by atoms with Crippen LogP contribution in [0, 0.1) is 11.3 Å². The van der Waals surface area contributed by atoms with Crippen molar-refractivity contribution in [1.29, 1.82) is 0 Å². The summed E-state index contributed by atoms with van der Waals surface area (Å²) in [7, 11) is 0. The Labute approximate surface area is 152 Å². The van der Waals surface area contributed by atoms with Crippen LogP contribution in [-0.4, -0.2) is 73.5 Å². The van der Waals surface area contributed by atoms with Gasteiger partial charge in [-0.3, -0.25) is 9.59 Å². The second-order valence-corrected chi connectivity index (χ2v) is 4.90. The molecule has 18 heavy (non-hydrogen) atoms. The predicted molar refractivity (Wildman–Crippen MR) is 73.1 cm³/mol. The van der Waals surface area contributed by atoms with Crippen LogP contribution in [0.5, 0.6) is 0 Å². The fourth-order valence-corrected chi connectivity index (χ4v) is 2.10. The van der Waals surface area contributed by atoms with Gasteiger partial charge in [0.05, 0.1) is 0 Å². The van der Waals surface area contributed by atoms with Crippen molar-refractivity contribution in [2.45, 2.75) is 59.3 Å². The molecule has 0 aliphatic heterocycles. The molecule has 0 fully saturated rings. The van der Waals surface area contributed by atoms with Crippen LogP contribution in [0.1, 0.15) is 59.3 Å². The maximum atomic E-state index is 11.2. The molecule has 0 aromatic rings. The first-order valence-corrected chi connectivity index (χ1v) is 6.36. The van der Waals surface area contributed by atoms with Gasteiger partial charge in [0.1, 0.15) is 0 Å². The molecule has 0 unspecified atom stereocenters. The van der Waals surface area contributed by atoms with Crippen molar-refractivity contribution in [3.63, 3.8) is 0 Å². The topological polar surface area (TPSA) is 74.6 Å². The Balaban J connectivity index is 0. The Kier molecular flexibility index (Phi) is 12.0. The van der Waals surface area contributed by atoms with Crippen molar-refractivity contribution >= 4 is 63.3 Å². The van der Waals surface area contributed by atoms with Gasteiger partial charge in [0.15, 0.2) is 5.41 Å². The standard InChI is InChI=1S/C13H24O4.K.H/c1-4-5-6-7-8-9-13(10(2)3,11(14)15)12(16)17;;/h10H,4-9H2,1-3H3,(H,14,15)(H,16,17);;. The van der Waals surface area contributed by atoms with Gasteiger partial charge in [-0.1, -0.05) is 52.9 Å². The molecule has 0 aromatic carbocycles. The molecule has 102 valence electrons. The molecule has 0 aliphatic carbocycles. The van der Waals surface area contributed by atoms with Crippen LogP contribution in [-0.2, 0) is 9.59 Å². The predicted octanol–water partition coefficient (Wildman–Crippen LogP) is 2.51. The third kappa shape index (κ3) is 5.69. The van der Waals surface area contributed by atoms with Crippen molar-refractivity contribution in [3.8, 4) is 0 Å². The Bertz CT molecular complexity index is 250. The van der Waals surface area contributed by atoms with Crippen LogP contribution in [0.15, 0.2) is 0 Å². The zero-order valence-corrected chi connectivity index (χ0v) is 11.0. The summed E-state index contributed by atoms with van der Waals surface area (Å²) in [5.74, 6) is -2.82. The number of hydrogen-bond acceptors (Lipinski definition) is 2. The Hall–Kier alpha value is 0.576. The first kappa shape index (κ1) is 20.9. The second kappa shape index (κ2) is 10.4. The fraction of sp³-hybridized carbons (Fsp3) is 0.846.